The van der Waals surface area contributed by atoms with Crippen molar-refractivity contribution in [1.29, 1.82) is 0 Å². The monoisotopic (exact) mass is 304 g/mol. The summed E-state index contributed by atoms with van der Waals surface area (Å²) >= 11 is 0. The fourth-order valence-corrected chi connectivity index (χ4v) is 1.98. The molecule has 0 aliphatic carbocycles. The van der Waals surface area contributed by atoms with E-state index in [4.69, 9.17) is 4.74 Å². The van der Waals surface area contributed by atoms with Crippen molar-refractivity contribution in [2.45, 2.75) is 19.1 Å². The first-order valence-electron chi connectivity index (χ1n) is 7.41. The summed E-state index contributed by atoms with van der Waals surface area (Å²) in [4.78, 5) is 15.1. The molecule has 0 spiro atoms. The Kier molecular flexibility index (Phi) is 11.5. The van der Waals surface area contributed by atoms with Crippen LogP contribution in [0.25, 0.3) is 0 Å². The topological polar surface area (TPSA) is 32.8 Å². The van der Waals surface area contributed by atoms with Crippen LogP contribution in [-0.4, -0.2) is 48.2 Å². The van der Waals surface area contributed by atoms with Crippen LogP contribution in [0.15, 0.2) is 63.4 Å². The summed E-state index contributed by atoms with van der Waals surface area (Å²) in [7, 11) is 0. The van der Waals surface area contributed by atoms with Gasteiger partial charge in [-0.1, -0.05) is 31.9 Å². The second-order valence-corrected chi connectivity index (χ2v) is 4.72. The molecule has 0 aromatic heterocycles. The fraction of sp³-hybridized carbons (Fsp3) is 0.389. The number of hydrogen-bond donors (Lipinski definition) is 0. The first kappa shape index (κ1) is 19.9. The zero-order valence-corrected chi connectivity index (χ0v) is 13.5. The standard InChI is InChI=1S/C12H17NO2.C6H11N/c1-5-9-13(10-6-2)11(7-3)15-12(14)8-4;1-2-7-5-3-4-6-7/h5-8,11H,1-4,9-10H2;2H,1,3-6H2. The third-order valence-corrected chi connectivity index (χ3v) is 3.09. The number of ether oxygens (including phenoxy) is 1. The van der Waals surface area contributed by atoms with Crippen LogP contribution in [0.3, 0.4) is 0 Å². The Morgan fingerprint density at radius 2 is 1.64 bits per heavy atom. The lowest BCUT2D eigenvalue weighted by molar-refractivity contribution is -0.147. The van der Waals surface area contributed by atoms with Crippen molar-refractivity contribution in [3.8, 4) is 0 Å². The van der Waals surface area contributed by atoms with Crippen molar-refractivity contribution < 1.29 is 9.53 Å². The molecule has 0 bridgehead atoms. The molecule has 1 aliphatic heterocycles. The van der Waals surface area contributed by atoms with E-state index in [1.54, 1.807) is 18.2 Å². The predicted octanol–water partition coefficient (Wildman–Crippen LogP) is 3.13. The molecule has 0 N–H and O–H groups in total. The smallest absolute Gasteiger partial charge is 0.331 e. The SMILES string of the molecule is C=CCN(CC=C)C(C=C)OC(=O)C=C.C=CN1CCCC1. The molecule has 4 heteroatoms. The molecule has 0 saturated carbocycles. The van der Waals surface area contributed by atoms with E-state index >= 15 is 0 Å². The number of esters is 1. The maximum absolute atomic E-state index is 11.0. The molecule has 1 atom stereocenters. The van der Waals surface area contributed by atoms with E-state index in [-0.39, 0.29) is 0 Å². The van der Waals surface area contributed by atoms with Gasteiger partial charge in [0.05, 0.1) is 0 Å². The van der Waals surface area contributed by atoms with E-state index < -0.39 is 12.2 Å². The summed E-state index contributed by atoms with van der Waals surface area (Å²) < 4.78 is 5.07. The minimum Gasteiger partial charge on any atom is -0.439 e. The third-order valence-electron chi connectivity index (χ3n) is 3.09. The van der Waals surface area contributed by atoms with Gasteiger partial charge in [-0.25, -0.2) is 4.79 Å². The van der Waals surface area contributed by atoms with Crippen molar-refractivity contribution in [2.75, 3.05) is 26.2 Å². The Bertz CT molecular complexity index is 375. The Hall–Kier alpha value is -2.07. The van der Waals surface area contributed by atoms with Gasteiger partial charge in [0.25, 0.3) is 0 Å². The van der Waals surface area contributed by atoms with Crippen LogP contribution < -0.4 is 0 Å². The van der Waals surface area contributed by atoms with Gasteiger partial charge >= 0.3 is 5.97 Å². The van der Waals surface area contributed by atoms with Crippen LogP contribution in [0.2, 0.25) is 0 Å². The zero-order valence-electron chi connectivity index (χ0n) is 13.5. The van der Waals surface area contributed by atoms with Crippen LogP contribution in [-0.2, 0) is 9.53 Å². The van der Waals surface area contributed by atoms with Crippen LogP contribution >= 0.6 is 0 Å². The number of rotatable bonds is 9. The van der Waals surface area contributed by atoms with E-state index in [1.165, 1.54) is 25.9 Å². The average Bonchev–Trinajstić information content (AvgIpc) is 3.06. The molecule has 1 saturated heterocycles. The van der Waals surface area contributed by atoms with Crippen LogP contribution in [0.1, 0.15) is 12.8 Å². The van der Waals surface area contributed by atoms with Gasteiger partial charge in [-0.05, 0) is 25.1 Å². The van der Waals surface area contributed by atoms with Crippen LogP contribution in [0.5, 0.6) is 0 Å². The average molecular weight is 304 g/mol. The van der Waals surface area contributed by atoms with E-state index in [0.29, 0.717) is 13.1 Å². The summed E-state index contributed by atoms with van der Waals surface area (Å²) in [5.74, 6) is -0.474. The van der Waals surface area contributed by atoms with Gasteiger partial charge in [0.15, 0.2) is 6.23 Å². The van der Waals surface area contributed by atoms with Gasteiger partial charge in [-0.3, -0.25) is 4.90 Å². The van der Waals surface area contributed by atoms with Gasteiger partial charge in [0.2, 0.25) is 0 Å². The van der Waals surface area contributed by atoms with Crippen molar-refractivity contribution in [2.24, 2.45) is 0 Å². The Morgan fingerprint density at radius 1 is 1.09 bits per heavy atom. The summed E-state index contributed by atoms with van der Waals surface area (Å²) in [5.41, 5.74) is 0. The molecule has 22 heavy (non-hydrogen) atoms. The molecule has 1 heterocycles. The number of carbonyl (C=O) groups is 1. The highest BCUT2D eigenvalue weighted by Crippen LogP contribution is 2.05. The second kappa shape index (κ2) is 12.7. The highest BCUT2D eigenvalue weighted by Gasteiger charge is 2.15. The molecule has 0 aromatic rings. The van der Waals surface area contributed by atoms with Crippen LogP contribution in [0.4, 0.5) is 0 Å². The Morgan fingerprint density at radius 3 is 1.95 bits per heavy atom. The van der Waals surface area contributed by atoms with E-state index in [0.717, 1.165) is 6.08 Å². The lowest BCUT2D eigenvalue weighted by Crippen LogP contribution is -2.37. The number of hydrogen-bond acceptors (Lipinski definition) is 4. The molecular weight excluding hydrogens is 276 g/mol. The summed E-state index contributed by atoms with van der Waals surface area (Å²) in [6.07, 6.45) is 10.3. The summed E-state index contributed by atoms with van der Waals surface area (Å²) in [6, 6.07) is 0. The lowest BCUT2D eigenvalue weighted by atomic mass is 10.4. The third kappa shape index (κ3) is 8.27. The summed E-state index contributed by atoms with van der Waals surface area (Å²) in [6.45, 7) is 21.5. The molecule has 0 aromatic carbocycles. The quantitative estimate of drug-likeness (QED) is 0.283. The van der Waals surface area contributed by atoms with Gasteiger partial charge in [0.1, 0.15) is 0 Å². The molecule has 1 fully saturated rings. The van der Waals surface area contributed by atoms with E-state index in [9.17, 15) is 4.79 Å². The second-order valence-electron chi connectivity index (χ2n) is 4.72. The first-order chi connectivity index (χ1) is 10.6. The highest BCUT2D eigenvalue weighted by molar-refractivity contribution is 5.81. The van der Waals surface area contributed by atoms with Crippen molar-refractivity contribution in [3.63, 3.8) is 0 Å². The zero-order chi connectivity index (χ0) is 16.8. The number of carbonyl (C=O) groups excluding carboxylic acids is 1. The first-order valence-corrected chi connectivity index (χ1v) is 7.41. The molecule has 1 unspecified atom stereocenters. The van der Waals surface area contributed by atoms with Gasteiger partial charge in [-0.2, -0.15) is 0 Å². The van der Waals surface area contributed by atoms with E-state index in [2.05, 4.69) is 37.8 Å². The Balaban J connectivity index is 0.000000518. The van der Waals surface area contributed by atoms with E-state index in [1.807, 2.05) is 11.1 Å². The minimum absolute atomic E-state index is 0.474. The molecule has 4 nitrogen and oxygen atoms in total. The molecular formula is C18H28N2O2. The van der Waals surface area contributed by atoms with Crippen molar-refractivity contribution in [1.82, 2.24) is 9.80 Å². The fourth-order valence-electron chi connectivity index (χ4n) is 1.98. The van der Waals surface area contributed by atoms with Crippen molar-refractivity contribution >= 4 is 5.97 Å². The lowest BCUT2D eigenvalue weighted by Gasteiger charge is -2.26. The van der Waals surface area contributed by atoms with Gasteiger partial charge in [0, 0.05) is 32.3 Å². The summed E-state index contributed by atoms with van der Waals surface area (Å²) in [5, 5.41) is 0. The number of nitrogens with zero attached hydrogens (tertiary/aromatic N) is 2. The maximum atomic E-state index is 11.0. The van der Waals surface area contributed by atoms with Crippen molar-refractivity contribution in [3.05, 3.63) is 63.4 Å². The molecule has 122 valence electrons. The largest absolute Gasteiger partial charge is 0.439 e. The molecule has 1 rings (SSSR count). The highest BCUT2D eigenvalue weighted by atomic mass is 16.6. The molecule has 1 aliphatic rings. The molecule has 0 amide bonds. The Labute approximate surface area is 134 Å². The normalized spacial score (nSPS) is 14.3. The molecule has 0 radical (unpaired) electrons. The van der Waals surface area contributed by atoms with Gasteiger partial charge < -0.3 is 9.64 Å². The van der Waals surface area contributed by atoms with Crippen LogP contribution in [0, 0.1) is 0 Å². The predicted molar refractivity (Wildman–Crippen MR) is 93.2 cm³/mol. The van der Waals surface area contributed by atoms with Gasteiger partial charge in [-0.15, -0.1) is 13.2 Å². The number of likely N-dealkylation sites (tertiary alicyclic amines) is 1. The maximum Gasteiger partial charge on any atom is 0.331 e. The minimum atomic E-state index is -0.480.